The van der Waals surface area contributed by atoms with Crippen molar-refractivity contribution < 1.29 is 4.74 Å². The van der Waals surface area contributed by atoms with E-state index in [1.54, 1.807) is 0 Å². The molecular weight excluding hydrogens is 312 g/mol. The van der Waals surface area contributed by atoms with Gasteiger partial charge in [-0.2, -0.15) is 0 Å². The summed E-state index contributed by atoms with van der Waals surface area (Å²) in [5.41, 5.74) is 0. The first-order valence-electron chi connectivity index (χ1n) is 9.15. The third-order valence-corrected chi connectivity index (χ3v) is 3.35. The summed E-state index contributed by atoms with van der Waals surface area (Å²) < 4.78 is 5.25. The van der Waals surface area contributed by atoms with Crippen molar-refractivity contribution in [2.24, 2.45) is 0 Å². The Morgan fingerprint density at radius 3 is 1.62 bits per heavy atom. The number of hydrogen-bond acceptors (Lipinski definition) is 2. The van der Waals surface area contributed by atoms with E-state index in [2.05, 4.69) is 67.7 Å². The molecule has 0 bridgehead atoms. The molecule has 0 aliphatic carbocycles. The van der Waals surface area contributed by atoms with E-state index in [1.807, 2.05) is 6.92 Å². The van der Waals surface area contributed by atoms with Gasteiger partial charge in [-0.25, -0.2) is 0 Å². The molecule has 0 rings (SSSR count). The summed E-state index contributed by atoms with van der Waals surface area (Å²) in [6.07, 6.45) is 30.8. The van der Waals surface area contributed by atoms with Gasteiger partial charge < -0.3 is 4.74 Å². The maximum Gasteiger partial charge on any atom is 0.156 e. The molecule has 2 heteroatoms. The van der Waals surface area contributed by atoms with Gasteiger partial charge in [0.1, 0.15) is 0 Å². The molecule has 0 fully saturated rings. The van der Waals surface area contributed by atoms with Crippen LogP contribution in [0.4, 0.5) is 0 Å². The third-order valence-electron chi connectivity index (χ3n) is 3.23. The second-order valence-electron chi connectivity index (χ2n) is 5.54. The Morgan fingerprint density at radius 2 is 1.17 bits per heavy atom. The van der Waals surface area contributed by atoms with Gasteiger partial charge >= 0.3 is 0 Å². The second-order valence-corrected chi connectivity index (χ2v) is 6.12. The molecule has 0 saturated heterocycles. The minimum Gasteiger partial charge on any atom is -0.487 e. The van der Waals surface area contributed by atoms with E-state index in [0.29, 0.717) is 5.05 Å². The van der Waals surface area contributed by atoms with Crippen molar-refractivity contribution in [3.8, 4) is 0 Å². The predicted octanol–water partition coefficient (Wildman–Crippen LogP) is 7.27. The average molecular weight is 347 g/mol. The van der Waals surface area contributed by atoms with Crippen molar-refractivity contribution in [3.63, 3.8) is 0 Å². The molecule has 0 aromatic heterocycles. The number of ether oxygens (including phenoxy) is 1. The van der Waals surface area contributed by atoms with Crippen LogP contribution in [0.25, 0.3) is 0 Å². The lowest BCUT2D eigenvalue weighted by Gasteiger charge is -2.01. The summed E-state index contributed by atoms with van der Waals surface area (Å²) in [6.45, 7) is 4.73. The first-order chi connectivity index (χ1) is 11.8. The topological polar surface area (TPSA) is 9.23 Å². The highest BCUT2D eigenvalue weighted by molar-refractivity contribution is 7.80. The molecule has 0 unspecified atom stereocenters. The Labute approximate surface area is 154 Å². The van der Waals surface area contributed by atoms with Crippen LogP contribution in [0.2, 0.25) is 0 Å². The first-order valence-corrected chi connectivity index (χ1v) is 9.56. The summed E-state index contributed by atoms with van der Waals surface area (Å²) in [4.78, 5) is 0. The van der Waals surface area contributed by atoms with Crippen LogP contribution in [0.15, 0.2) is 60.8 Å². The molecule has 0 N–H and O–H groups in total. The largest absolute Gasteiger partial charge is 0.487 e. The van der Waals surface area contributed by atoms with Crippen molar-refractivity contribution >= 4 is 17.3 Å². The minimum atomic E-state index is 0.643. The van der Waals surface area contributed by atoms with Crippen molar-refractivity contribution in [1.29, 1.82) is 0 Å². The predicted molar refractivity (Wildman–Crippen MR) is 113 cm³/mol. The zero-order chi connectivity index (χ0) is 17.7. The van der Waals surface area contributed by atoms with Crippen molar-refractivity contribution in [1.82, 2.24) is 0 Å². The van der Waals surface area contributed by atoms with Gasteiger partial charge in [0, 0.05) is 6.92 Å². The highest BCUT2D eigenvalue weighted by atomic mass is 32.1. The zero-order valence-electron chi connectivity index (χ0n) is 15.5. The Kier molecular flexibility index (Phi) is 18.5. The standard InChI is InChI=1S/C22H34OS/c1-3-4-5-6-7-8-9-10-11-12-13-14-15-16-17-18-19-20-21-23-22(2)24/h4-5,7-8,10-11,13-14,16-17H,3,6,9,12,15,18-21H2,1-2H3. The molecule has 0 amide bonds. The van der Waals surface area contributed by atoms with Crippen LogP contribution >= 0.6 is 12.2 Å². The lowest BCUT2D eigenvalue weighted by Crippen LogP contribution is -1.97. The number of thiocarbonyl (C=S) groups is 1. The van der Waals surface area contributed by atoms with E-state index in [1.165, 1.54) is 0 Å². The van der Waals surface area contributed by atoms with Crippen molar-refractivity contribution in [3.05, 3.63) is 60.8 Å². The Bertz CT molecular complexity index is 427. The molecule has 0 spiro atoms. The van der Waals surface area contributed by atoms with Gasteiger partial charge in [-0.3, -0.25) is 0 Å². The third kappa shape index (κ3) is 20.6. The summed E-state index contributed by atoms with van der Waals surface area (Å²) in [7, 11) is 0. The Balaban J connectivity index is 3.42. The van der Waals surface area contributed by atoms with Gasteiger partial charge in [-0.05, 0) is 63.6 Å². The highest BCUT2D eigenvalue weighted by Gasteiger charge is 1.88. The van der Waals surface area contributed by atoms with E-state index in [0.717, 1.165) is 58.0 Å². The molecular formula is C22H34OS. The number of rotatable bonds is 14. The van der Waals surface area contributed by atoms with E-state index in [4.69, 9.17) is 17.0 Å². The van der Waals surface area contributed by atoms with E-state index in [9.17, 15) is 0 Å². The molecule has 0 radical (unpaired) electrons. The van der Waals surface area contributed by atoms with Gasteiger partial charge in [0.15, 0.2) is 5.05 Å². The van der Waals surface area contributed by atoms with Gasteiger partial charge in [0.2, 0.25) is 0 Å². The maximum absolute atomic E-state index is 5.25. The molecule has 0 heterocycles. The molecule has 0 aromatic rings. The molecule has 0 aliphatic heterocycles. The smallest absolute Gasteiger partial charge is 0.156 e. The van der Waals surface area contributed by atoms with Crippen molar-refractivity contribution in [2.75, 3.05) is 6.61 Å². The number of allylic oxidation sites excluding steroid dienone is 10. The Hall–Kier alpha value is -1.41. The SMILES string of the molecule is CCC=CCC=CCC=CCC=CCC=CCCCCOC(C)=S. The lowest BCUT2D eigenvalue weighted by molar-refractivity contribution is 0.300. The normalized spacial score (nSPS) is 12.6. The lowest BCUT2D eigenvalue weighted by atomic mass is 10.2. The summed E-state index contributed by atoms with van der Waals surface area (Å²) >= 11 is 4.86. The molecule has 0 atom stereocenters. The van der Waals surface area contributed by atoms with Crippen LogP contribution in [0, 0.1) is 0 Å². The van der Waals surface area contributed by atoms with Crippen LogP contribution in [0.1, 0.15) is 65.2 Å². The fraction of sp³-hybridized carbons (Fsp3) is 0.500. The van der Waals surface area contributed by atoms with Crippen LogP contribution < -0.4 is 0 Å². The first kappa shape index (κ1) is 22.6. The fourth-order valence-electron chi connectivity index (χ4n) is 1.95. The van der Waals surface area contributed by atoms with E-state index < -0.39 is 0 Å². The molecule has 0 aliphatic rings. The van der Waals surface area contributed by atoms with Gasteiger partial charge in [-0.1, -0.05) is 67.7 Å². The maximum atomic E-state index is 5.25. The van der Waals surface area contributed by atoms with Gasteiger partial charge in [-0.15, -0.1) is 0 Å². The van der Waals surface area contributed by atoms with Crippen LogP contribution in [-0.2, 0) is 4.74 Å². The minimum absolute atomic E-state index is 0.643. The van der Waals surface area contributed by atoms with Crippen molar-refractivity contribution in [2.45, 2.75) is 65.2 Å². The van der Waals surface area contributed by atoms with Crippen LogP contribution in [0.5, 0.6) is 0 Å². The number of unbranched alkanes of at least 4 members (excludes halogenated alkanes) is 2. The fourth-order valence-corrected chi connectivity index (χ4v) is 2.03. The van der Waals surface area contributed by atoms with E-state index >= 15 is 0 Å². The highest BCUT2D eigenvalue weighted by Crippen LogP contribution is 2.00. The zero-order valence-corrected chi connectivity index (χ0v) is 16.3. The molecule has 1 nitrogen and oxygen atoms in total. The molecule has 134 valence electrons. The van der Waals surface area contributed by atoms with E-state index in [-0.39, 0.29) is 0 Å². The average Bonchev–Trinajstić information content (AvgIpc) is 2.56. The number of hydrogen-bond donors (Lipinski definition) is 0. The summed E-state index contributed by atoms with van der Waals surface area (Å²) in [5, 5.41) is 0.643. The molecule has 0 saturated carbocycles. The van der Waals surface area contributed by atoms with Gasteiger partial charge in [0.05, 0.1) is 6.61 Å². The molecule has 0 aromatic carbocycles. The quantitative estimate of drug-likeness (QED) is 0.186. The summed E-state index contributed by atoms with van der Waals surface area (Å²) in [5.74, 6) is 0. The van der Waals surface area contributed by atoms with Gasteiger partial charge in [0.25, 0.3) is 0 Å². The van der Waals surface area contributed by atoms with Crippen LogP contribution in [-0.4, -0.2) is 11.7 Å². The second kappa shape index (κ2) is 19.6. The monoisotopic (exact) mass is 346 g/mol. The molecule has 24 heavy (non-hydrogen) atoms. The van der Waals surface area contributed by atoms with Crippen LogP contribution in [0.3, 0.4) is 0 Å². The Morgan fingerprint density at radius 1 is 0.708 bits per heavy atom. The summed E-state index contributed by atoms with van der Waals surface area (Å²) in [6, 6.07) is 0.